The van der Waals surface area contributed by atoms with Crippen molar-refractivity contribution in [2.24, 2.45) is 4.99 Å². The summed E-state index contributed by atoms with van der Waals surface area (Å²) in [6.45, 7) is 0. The zero-order chi connectivity index (χ0) is 16.4. The molecule has 0 N–H and O–H groups in total. The van der Waals surface area contributed by atoms with Crippen LogP contribution < -0.4 is 10.4 Å². The average Bonchev–Trinajstić information content (AvgIpc) is 3.05. The molecule has 2 atom stereocenters. The summed E-state index contributed by atoms with van der Waals surface area (Å²) in [6, 6.07) is 22.1. The molecule has 118 valence electrons. The molecule has 0 radical (unpaired) electrons. The molecular weight excluding hydrogens is 322 g/mol. The first-order chi connectivity index (χ1) is 12.4. The number of hydrogen-bond acceptors (Lipinski definition) is 2. The van der Waals surface area contributed by atoms with Crippen LogP contribution in [0.5, 0.6) is 0 Å². The molecule has 1 nitrogen and oxygen atoms in total. The second kappa shape index (κ2) is 4.90. The van der Waals surface area contributed by atoms with Gasteiger partial charge in [0.25, 0.3) is 0 Å². The van der Waals surface area contributed by atoms with E-state index in [2.05, 4.69) is 79.0 Å². The molecule has 1 aliphatic carbocycles. The topological polar surface area (TPSA) is 12.4 Å². The van der Waals surface area contributed by atoms with Crippen LogP contribution in [-0.2, 0) is 0 Å². The number of nitrogens with zero attached hydrogens (tertiary/aromatic N) is 1. The number of fused-ring (bicyclic) bond motifs is 8. The fraction of sp³-hybridized carbons (Fsp3) is 0.0870. The molecule has 2 heterocycles. The van der Waals surface area contributed by atoms with Gasteiger partial charge >= 0.3 is 0 Å². The van der Waals surface area contributed by atoms with E-state index in [0.29, 0.717) is 5.92 Å². The third-order valence-corrected chi connectivity index (χ3v) is 6.55. The van der Waals surface area contributed by atoms with Crippen molar-refractivity contribution >= 4 is 50.6 Å². The van der Waals surface area contributed by atoms with E-state index >= 15 is 0 Å². The van der Waals surface area contributed by atoms with E-state index in [1.165, 1.54) is 41.7 Å². The lowest BCUT2D eigenvalue weighted by molar-refractivity contribution is 0.772. The van der Waals surface area contributed by atoms with E-state index in [0.717, 1.165) is 0 Å². The van der Waals surface area contributed by atoms with Crippen LogP contribution in [0.4, 0.5) is 0 Å². The van der Waals surface area contributed by atoms with E-state index < -0.39 is 0 Å². The first kappa shape index (κ1) is 13.6. The predicted octanol–water partition coefficient (Wildman–Crippen LogP) is 4.21. The minimum atomic E-state index is 0.198. The van der Waals surface area contributed by atoms with Crippen LogP contribution in [0, 0.1) is 0 Å². The molecule has 0 saturated carbocycles. The van der Waals surface area contributed by atoms with Gasteiger partial charge in [0.1, 0.15) is 0 Å². The Hall–Kier alpha value is -2.71. The van der Waals surface area contributed by atoms with Crippen molar-refractivity contribution in [2.45, 2.75) is 12.0 Å². The Balaban J connectivity index is 1.68. The molecule has 25 heavy (non-hydrogen) atoms. The highest BCUT2D eigenvalue weighted by Crippen LogP contribution is 2.41. The monoisotopic (exact) mass is 337 g/mol. The second-order valence-electron chi connectivity index (χ2n) is 6.79. The van der Waals surface area contributed by atoms with E-state index in [1.54, 1.807) is 0 Å². The van der Waals surface area contributed by atoms with E-state index in [1.807, 2.05) is 11.3 Å². The van der Waals surface area contributed by atoms with Gasteiger partial charge in [-0.2, -0.15) is 0 Å². The quantitative estimate of drug-likeness (QED) is 0.456. The Morgan fingerprint density at radius 3 is 2.60 bits per heavy atom. The Kier molecular flexibility index (Phi) is 2.66. The smallest absolute Gasteiger partial charge is 0.0793 e. The van der Waals surface area contributed by atoms with Gasteiger partial charge in [0, 0.05) is 16.8 Å². The first-order valence-electron chi connectivity index (χ1n) is 8.64. The molecule has 0 bridgehead atoms. The molecule has 0 saturated heterocycles. The number of rotatable bonds is 0. The fourth-order valence-corrected chi connectivity index (χ4v) is 5.42. The minimum absolute atomic E-state index is 0.198. The molecular formula is C23H15NS. The van der Waals surface area contributed by atoms with Crippen LogP contribution in [0.15, 0.2) is 65.7 Å². The molecule has 0 fully saturated rings. The third-order valence-electron chi connectivity index (χ3n) is 5.43. The van der Waals surface area contributed by atoms with E-state index in [4.69, 9.17) is 4.99 Å². The number of aliphatic imine (C=N–C) groups is 1. The number of hydrogen-bond donors (Lipinski definition) is 0. The SMILES string of the molecule is C1=NC2C=c3c(ccc4ccccc34)=CC2c2c1sc1ccccc21. The fourth-order valence-electron chi connectivity index (χ4n) is 4.28. The van der Waals surface area contributed by atoms with Crippen LogP contribution in [-0.4, -0.2) is 12.3 Å². The second-order valence-corrected chi connectivity index (χ2v) is 7.88. The van der Waals surface area contributed by atoms with Crippen molar-refractivity contribution in [1.29, 1.82) is 0 Å². The summed E-state index contributed by atoms with van der Waals surface area (Å²) in [6.07, 6.45) is 6.89. The van der Waals surface area contributed by atoms with Gasteiger partial charge in [0.15, 0.2) is 0 Å². The summed E-state index contributed by atoms with van der Waals surface area (Å²) in [7, 11) is 0. The highest BCUT2D eigenvalue weighted by Gasteiger charge is 2.29. The summed E-state index contributed by atoms with van der Waals surface area (Å²) >= 11 is 1.86. The summed E-state index contributed by atoms with van der Waals surface area (Å²) in [5.41, 5.74) is 1.45. The highest BCUT2D eigenvalue weighted by atomic mass is 32.1. The largest absolute Gasteiger partial charge is 0.283 e. The maximum Gasteiger partial charge on any atom is 0.0793 e. The molecule has 4 aromatic rings. The zero-order valence-corrected chi connectivity index (χ0v) is 14.3. The maximum absolute atomic E-state index is 4.89. The van der Waals surface area contributed by atoms with Crippen molar-refractivity contribution in [3.63, 3.8) is 0 Å². The normalized spacial score (nSPS) is 20.5. The average molecular weight is 337 g/mol. The third kappa shape index (κ3) is 1.86. The standard InChI is InChI=1S/C23H15NS/c1-2-6-16-14(5-1)9-10-15-11-19-20(12-18(15)16)24-13-22-23(19)17-7-3-4-8-21(17)25-22/h1-13,19-20H. The minimum Gasteiger partial charge on any atom is -0.283 e. The molecule has 6 rings (SSSR count). The van der Waals surface area contributed by atoms with Gasteiger partial charge < -0.3 is 0 Å². The van der Waals surface area contributed by atoms with Crippen molar-refractivity contribution < 1.29 is 0 Å². The van der Waals surface area contributed by atoms with E-state index in [-0.39, 0.29) is 6.04 Å². The van der Waals surface area contributed by atoms with Crippen molar-refractivity contribution in [2.75, 3.05) is 0 Å². The van der Waals surface area contributed by atoms with Gasteiger partial charge in [0.2, 0.25) is 0 Å². The summed E-state index contributed by atoms with van der Waals surface area (Å²) < 4.78 is 1.36. The highest BCUT2D eigenvalue weighted by molar-refractivity contribution is 7.20. The lowest BCUT2D eigenvalue weighted by Gasteiger charge is -2.26. The summed E-state index contributed by atoms with van der Waals surface area (Å²) in [4.78, 5) is 6.21. The Morgan fingerprint density at radius 1 is 0.800 bits per heavy atom. The molecule has 2 unspecified atom stereocenters. The predicted molar refractivity (Wildman–Crippen MR) is 108 cm³/mol. The lowest BCUT2D eigenvalue weighted by Crippen LogP contribution is -2.35. The van der Waals surface area contributed by atoms with Crippen molar-refractivity contribution in [3.8, 4) is 0 Å². The van der Waals surface area contributed by atoms with Gasteiger partial charge in [-0.05, 0) is 38.2 Å². The van der Waals surface area contributed by atoms with Gasteiger partial charge in [-0.15, -0.1) is 11.3 Å². The van der Waals surface area contributed by atoms with Crippen molar-refractivity contribution in [1.82, 2.24) is 0 Å². The molecule has 1 aromatic heterocycles. The Morgan fingerprint density at radius 2 is 1.64 bits per heavy atom. The van der Waals surface area contributed by atoms with Crippen molar-refractivity contribution in [3.05, 3.63) is 81.5 Å². The van der Waals surface area contributed by atoms with Crippen LogP contribution in [0.25, 0.3) is 33.0 Å². The van der Waals surface area contributed by atoms with Crippen LogP contribution in [0.2, 0.25) is 0 Å². The van der Waals surface area contributed by atoms with E-state index in [9.17, 15) is 0 Å². The number of thiophene rings is 1. The van der Waals surface area contributed by atoms with Crippen LogP contribution >= 0.6 is 11.3 Å². The zero-order valence-electron chi connectivity index (χ0n) is 13.5. The van der Waals surface area contributed by atoms with Crippen LogP contribution in [0.3, 0.4) is 0 Å². The summed E-state index contributed by atoms with van der Waals surface area (Å²) in [5, 5.41) is 6.67. The Labute approximate surface area is 149 Å². The molecule has 3 aromatic carbocycles. The van der Waals surface area contributed by atoms with Gasteiger partial charge in [-0.3, -0.25) is 4.99 Å². The Bertz CT molecular complexity index is 1310. The molecule has 2 heteroatoms. The van der Waals surface area contributed by atoms with Gasteiger partial charge in [0.05, 0.1) is 10.9 Å². The molecule has 0 amide bonds. The van der Waals surface area contributed by atoms with Gasteiger partial charge in [-0.1, -0.05) is 66.7 Å². The summed E-state index contributed by atoms with van der Waals surface area (Å²) in [5.74, 6) is 0.338. The maximum atomic E-state index is 4.89. The molecule has 0 spiro atoms. The number of benzene rings is 3. The molecule has 1 aliphatic heterocycles. The lowest BCUT2D eigenvalue weighted by atomic mass is 9.83. The van der Waals surface area contributed by atoms with Crippen LogP contribution in [0.1, 0.15) is 16.4 Å². The first-order valence-corrected chi connectivity index (χ1v) is 9.46. The van der Waals surface area contributed by atoms with Gasteiger partial charge in [-0.25, -0.2) is 0 Å². The molecule has 2 aliphatic rings.